The van der Waals surface area contributed by atoms with Gasteiger partial charge in [0.1, 0.15) is 47.7 Å². The van der Waals surface area contributed by atoms with E-state index in [-0.39, 0.29) is 52.8 Å². The largest absolute Gasteiger partial charge is 0.497 e. The van der Waals surface area contributed by atoms with Gasteiger partial charge >= 0.3 is 6.18 Å². The highest BCUT2D eigenvalue weighted by Crippen LogP contribution is 2.44. The standard InChI is InChI=1S/C47H42Cl2F4N8O4/c1-26-18-36(60(21-29-8-14-32(63-4)15-9-29)22-30-10-16-33(64-5)17-11-30)59-42(39(26)47(51,52)53)37-40(49)43-38-44(41(37)50)65-35(48)23-61(46(38)58-25-56-43)27(2)34-20-54-24-57-45(34)55-19-28-6-12-31(62-3)13-7-28/h6-18,20,23-24,27,58H,19,21-22,25H2,1-5H3,(H,54,55,57). The highest BCUT2D eigenvalue weighted by atomic mass is 35.5. The molecule has 2 aliphatic rings. The maximum atomic E-state index is 17.6. The number of aromatic nitrogens is 3. The van der Waals surface area contributed by atoms with Gasteiger partial charge in [-0.2, -0.15) is 13.2 Å². The molecule has 0 saturated carbocycles. The van der Waals surface area contributed by atoms with Crippen LogP contribution >= 0.6 is 23.2 Å². The number of benzene rings is 4. The molecule has 1 unspecified atom stereocenters. The molecule has 18 heteroatoms. The Kier molecular flexibility index (Phi) is 12.9. The van der Waals surface area contributed by atoms with Crippen molar-refractivity contribution >= 4 is 40.7 Å². The van der Waals surface area contributed by atoms with E-state index >= 15 is 17.6 Å². The van der Waals surface area contributed by atoms with Crippen LogP contribution in [0.15, 0.2) is 108 Å². The predicted octanol–water partition coefficient (Wildman–Crippen LogP) is 9.24. The minimum Gasteiger partial charge on any atom is -0.497 e. The Morgan fingerprint density at radius 2 is 1.48 bits per heavy atom. The van der Waals surface area contributed by atoms with Crippen molar-refractivity contribution in [3.63, 3.8) is 0 Å². The van der Waals surface area contributed by atoms with E-state index in [4.69, 9.17) is 42.1 Å². The van der Waals surface area contributed by atoms with Crippen molar-refractivity contribution in [2.24, 2.45) is 4.99 Å². The van der Waals surface area contributed by atoms with E-state index in [1.165, 1.54) is 25.5 Å². The van der Waals surface area contributed by atoms with Crippen LogP contribution in [0.1, 0.15) is 46.3 Å². The third-order valence-corrected chi connectivity index (χ3v) is 11.6. The highest BCUT2D eigenvalue weighted by molar-refractivity contribution is 6.33. The summed E-state index contributed by atoms with van der Waals surface area (Å²) in [4.78, 5) is 21.4. The van der Waals surface area contributed by atoms with Crippen molar-refractivity contribution in [1.29, 1.82) is 0 Å². The van der Waals surface area contributed by atoms with Crippen LogP contribution in [0, 0.1) is 12.7 Å². The predicted molar refractivity (Wildman–Crippen MR) is 240 cm³/mol. The molecule has 0 fully saturated rings. The van der Waals surface area contributed by atoms with Crippen molar-refractivity contribution < 1.29 is 36.5 Å². The fourth-order valence-corrected chi connectivity index (χ4v) is 8.29. The monoisotopic (exact) mass is 928 g/mol. The number of alkyl halides is 3. The Labute approximate surface area is 381 Å². The van der Waals surface area contributed by atoms with E-state index in [9.17, 15) is 0 Å². The summed E-state index contributed by atoms with van der Waals surface area (Å²) in [6.45, 7) is 3.92. The molecule has 2 aromatic heterocycles. The van der Waals surface area contributed by atoms with E-state index in [1.807, 2.05) is 55.5 Å². The number of ether oxygens (including phenoxy) is 4. The minimum absolute atomic E-state index is 0.0164. The molecule has 12 nitrogen and oxygen atoms in total. The van der Waals surface area contributed by atoms with Crippen LogP contribution in [0.3, 0.4) is 0 Å². The number of methoxy groups -OCH3 is 3. The third kappa shape index (κ3) is 9.27. The Bertz CT molecular complexity index is 2840. The van der Waals surface area contributed by atoms with Crippen LogP contribution in [-0.2, 0) is 25.8 Å². The van der Waals surface area contributed by atoms with Crippen LogP contribution in [0.25, 0.3) is 17.1 Å². The third-order valence-electron chi connectivity index (χ3n) is 11.1. The lowest BCUT2D eigenvalue weighted by Crippen LogP contribution is -2.45. The second-order valence-electron chi connectivity index (χ2n) is 15.1. The van der Waals surface area contributed by atoms with Gasteiger partial charge in [0.2, 0.25) is 5.22 Å². The summed E-state index contributed by atoms with van der Waals surface area (Å²) in [6, 6.07) is 22.8. The van der Waals surface area contributed by atoms with Gasteiger partial charge in [-0.1, -0.05) is 48.0 Å². The lowest BCUT2D eigenvalue weighted by Gasteiger charge is -2.31. The van der Waals surface area contributed by atoms with Gasteiger partial charge in [0, 0.05) is 31.4 Å². The average Bonchev–Trinajstić information content (AvgIpc) is 3.46. The second-order valence-corrected chi connectivity index (χ2v) is 15.9. The first-order valence-electron chi connectivity index (χ1n) is 20.2. The number of halogens is 6. The number of aryl methyl sites for hydroxylation is 1. The molecule has 65 heavy (non-hydrogen) atoms. The van der Waals surface area contributed by atoms with Crippen LogP contribution in [0.5, 0.6) is 23.0 Å². The Morgan fingerprint density at radius 3 is 2.05 bits per heavy atom. The van der Waals surface area contributed by atoms with Gasteiger partial charge in [-0.15, -0.1) is 0 Å². The van der Waals surface area contributed by atoms with Crippen molar-refractivity contribution in [2.45, 2.75) is 45.7 Å². The summed E-state index contributed by atoms with van der Waals surface area (Å²) >= 11 is 13.8. The van der Waals surface area contributed by atoms with Gasteiger partial charge < -0.3 is 39.4 Å². The molecule has 1 atom stereocenters. The summed E-state index contributed by atoms with van der Waals surface area (Å²) < 4.78 is 85.4. The van der Waals surface area contributed by atoms with Crippen molar-refractivity contribution in [1.82, 2.24) is 25.2 Å². The van der Waals surface area contributed by atoms with Crippen LogP contribution in [0.4, 0.5) is 29.2 Å². The normalized spacial score (nSPS) is 13.6. The van der Waals surface area contributed by atoms with E-state index in [2.05, 4.69) is 30.6 Å². The van der Waals surface area contributed by atoms with Gasteiger partial charge in [0.25, 0.3) is 0 Å². The van der Waals surface area contributed by atoms with E-state index in [0.29, 0.717) is 29.4 Å². The average molecular weight is 930 g/mol. The summed E-state index contributed by atoms with van der Waals surface area (Å²) in [5.74, 6) is 1.19. The second kappa shape index (κ2) is 18.7. The number of hydrogen-bond acceptors (Lipinski definition) is 12. The molecule has 0 spiro atoms. The molecular formula is C47H42Cl2F4N8O4. The fourth-order valence-electron chi connectivity index (χ4n) is 7.78. The first kappa shape index (κ1) is 44.8. The summed E-state index contributed by atoms with van der Waals surface area (Å²) in [5.41, 5.74) is 0.433. The number of pyridine rings is 1. The Balaban J connectivity index is 1.25. The van der Waals surface area contributed by atoms with Crippen molar-refractivity contribution in [3.8, 4) is 34.3 Å². The molecule has 2 aliphatic heterocycles. The van der Waals surface area contributed by atoms with Gasteiger partial charge in [0.05, 0.1) is 66.0 Å². The number of rotatable bonds is 14. The quantitative estimate of drug-likeness (QED) is 0.102. The van der Waals surface area contributed by atoms with Crippen molar-refractivity contribution in [3.05, 3.63) is 158 Å². The first-order chi connectivity index (χ1) is 31.3. The fraction of sp³-hybridized carbons (Fsp3) is 0.234. The van der Waals surface area contributed by atoms with Gasteiger partial charge in [0.15, 0.2) is 11.6 Å². The first-order valence-corrected chi connectivity index (χ1v) is 21.0. The number of anilines is 2. The smallest absolute Gasteiger partial charge is 0.418 e. The Hall–Kier alpha value is -6.78. The molecule has 0 saturated heterocycles. The van der Waals surface area contributed by atoms with Gasteiger partial charge in [-0.25, -0.2) is 19.3 Å². The van der Waals surface area contributed by atoms with Gasteiger partial charge in [-0.05, 0) is 90.2 Å². The molecule has 0 amide bonds. The minimum atomic E-state index is -4.99. The number of nitrogens with one attached hydrogen (secondary N) is 2. The molecule has 0 bridgehead atoms. The van der Waals surface area contributed by atoms with Gasteiger partial charge in [-0.3, -0.25) is 4.99 Å². The number of nitrogens with zero attached hydrogens (tertiary/aromatic N) is 6. The molecule has 6 aromatic rings. The van der Waals surface area contributed by atoms with E-state index < -0.39 is 45.6 Å². The summed E-state index contributed by atoms with van der Waals surface area (Å²) in [6.07, 6.45) is -0.496. The molecule has 4 heterocycles. The molecule has 0 radical (unpaired) electrons. The molecular weight excluding hydrogens is 887 g/mol. The molecule has 4 aromatic carbocycles. The lowest BCUT2D eigenvalue weighted by atomic mass is 9.98. The van der Waals surface area contributed by atoms with Crippen LogP contribution in [-0.4, -0.2) is 47.8 Å². The molecule has 2 N–H and O–H groups in total. The zero-order chi connectivity index (χ0) is 46.0. The van der Waals surface area contributed by atoms with E-state index in [0.717, 1.165) is 22.4 Å². The van der Waals surface area contributed by atoms with Crippen LogP contribution < -0.4 is 45.1 Å². The molecule has 8 rings (SSSR count). The lowest BCUT2D eigenvalue weighted by molar-refractivity contribution is -0.137. The van der Waals surface area contributed by atoms with E-state index in [1.54, 1.807) is 61.6 Å². The van der Waals surface area contributed by atoms with Crippen LogP contribution in [0.2, 0.25) is 5.02 Å². The maximum Gasteiger partial charge on any atom is 0.418 e. The van der Waals surface area contributed by atoms with Crippen molar-refractivity contribution in [2.75, 3.05) is 38.2 Å². The topological polar surface area (TPSA) is 118 Å². The highest BCUT2D eigenvalue weighted by Gasteiger charge is 2.40. The zero-order valence-corrected chi connectivity index (χ0v) is 37.2. The summed E-state index contributed by atoms with van der Waals surface area (Å²) in [7, 11) is 4.70. The zero-order valence-electron chi connectivity index (χ0n) is 35.7. The number of hydrogen-bond donors (Lipinski definition) is 2. The Morgan fingerprint density at radius 1 is 0.892 bits per heavy atom. The molecule has 336 valence electrons. The SMILES string of the molecule is COc1ccc(CNc2ncncc2C(C)N2C=C(Cl)Oc3c(F)c(-c4nc(N(Cc5ccc(OC)cc5)Cc5ccc(OC)cc5)cc(C)c4C(F)(F)F)c(Cl)c4c3=C2NCN=4)cc1. The molecule has 0 aliphatic carbocycles. The maximum absolute atomic E-state index is 17.6. The summed E-state index contributed by atoms with van der Waals surface area (Å²) in [5, 5.41) is 5.89.